The van der Waals surface area contributed by atoms with E-state index in [0.29, 0.717) is 6.04 Å². The molecule has 2 aliphatic rings. The van der Waals surface area contributed by atoms with E-state index < -0.39 is 29.8 Å². The van der Waals surface area contributed by atoms with Crippen LogP contribution in [-0.2, 0) is 17.5 Å². The number of likely N-dealkylation sites (tertiary alicyclic amines) is 1. The maximum atomic E-state index is 12.7. The van der Waals surface area contributed by atoms with Crippen molar-refractivity contribution in [3.05, 3.63) is 34.2 Å². The second kappa shape index (κ2) is 5.99. The fourth-order valence-corrected chi connectivity index (χ4v) is 2.98. The van der Waals surface area contributed by atoms with Gasteiger partial charge in [-0.25, -0.2) is 0 Å². The molecule has 2 heterocycles. The Bertz CT molecular complexity index is 652. The Balaban J connectivity index is 1.61. The molecular formula is C15H18F3N3O2. The lowest BCUT2D eigenvalue weighted by Crippen LogP contribution is -2.41. The number of carbonyl (C=O) groups is 1. The predicted octanol–water partition coefficient (Wildman–Crippen LogP) is 1.22. The average molecular weight is 329 g/mol. The van der Waals surface area contributed by atoms with Crippen LogP contribution in [0.3, 0.4) is 0 Å². The second-order valence-corrected chi connectivity index (χ2v) is 6.13. The van der Waals surface area contributed by atoms with Gasteiger partial charge < -0.3 is 9.88 Å². The molecule has 1 aliphatic carbocycles. The van der Waals surface area contributed by atoms with E-state index >= 15 is 0 Å². The van der Waals surface area contributed by atoms with Crippen molar-refractivity contribution >= 4 is 5.91 Å². The van der Waals surface area contributed by atoms with Gasteiger partial charge in [0.1, 0.15) is 12.1 Å². The molecule has 1 saturated carbocycles. The van der Waals surface area contributed by atoms with Crippen LogP contribution in [0.25, 0.3) is 0 Å². The van der Waals surface area contributed by atoms with Crippen molar-refractivity contribution < 1.29 is 18.0 Å². The van der Waals surface area contributed by atoms with Crippen molar-refractivity contribution in [1.29, 1.82) is 0 Å². The first-order chi connectivity index (χ1) is 10.8. The summed E-state index contributed by atoms with van der Waals surface area (Å²) in [4.78, 5) is 26.1. The van der Waals surface area contributed by atoms with Crippen molar-refractivity contribution in [3.63, 3.8) is 0 Å². The molecule has 1 N–H and O–H groups in total. The molecule has 0 unspecified atom stereocenters. The molecule has 0 bridgehead atoms. The van der Waals surface area contributed by atoms with E-state index in [2.05, 4.69) is 10.2 Å². The summed E-state index contributed by atoms with van der Waals surface area (Å²) in [6, 6.07) is 2.48. The van der Waals surface area contributed by atoms with Gasteiger partial charge in [-0.15, -0.1) is 0 Å². The normalized spacial score (nSPS) is 22.3. The van der Waals surface area contributed by atoms with Gasteiger partial charge in [-0.2, -0.15) is 13.2 Å². The number of alkyl halides is 3. The average Bonchev–Trinajstić information content (AvgIpc) is 3.21. The van der Waals surface area contributed by atoms with Gasteiger partial charge in [-0.1, -0.05) is 0 Å². The zero-order valence-electron chi connectivity index (χ0n) is 12.5. The van der Waals surface area contributed by atoms with E-state index in [1.165, 1.54) is 19.0 Å². The van der Waals surface area contributed by atoms with Gasteiger partial charge in [0, 0.05) is 31.4 Å². The van der Waals surface area contributed by atoms with Gasteiger partial charge in [-0.3, -0.25) is 14.5 Å². The lowest BCUT2D eigenvalue weighted by atomic mass is 10.2. The standard InChI is InChI=1S/C15H18F3N3O2/c16-15(17,18)12-2-1-6-21(14(12)23)9-13(22)19-10-5-7-20(8-10)11-3-4-11/h1-2,6,10-11H,3-5,7-9H2,(H,19,22)/t10-/m0/s1. The molecule has 8 heteroatoms. The minimum Gasteiger partial charge on any atom is -0.350 e. The van der Waals surface area contributed by atoms with Crippen molar-refractivity contribution in [2.45, 2.75) is 44.1 Å². The first-order valence-corrected chi connectivity index (χ1v) is 7.64. The lowest BCUT2D eigenvalue weighted by molar-refractivity contribution is -0.139. The van der Waals surface area contributed by atoms with Crippen LogP contribution >= 0.6 is 0 Å². The third kappa shape index (κ3) is 3.74. The number of hydrogen-bond acceptors (Lipinski definition) is 3. The van der Waals surface area contributed by atoms with Crippen LogP contribution in [0.2, 0.25) is 0 Å². The Hall–Kier alpha value is -1.83. The van der Waals surface area contributed by atoms with Crippen LogP contribution in [-0.4, -0.2) is 40.5 Å². The molecule has 0 aromatic carbocycles. The van der Waals surface area contributed by atoms with Gasteiger partial charge >= 0.3 is 6.18 Å². The number of aromatic nitrogens is 1. The summed E-state index contributed by atoms with van der Waals surface area (Å²) in [5.41, 5.74) is -2.45. The number of nitrogens with zero attached hydrogens (tertiary/aromatic N) is 2. The maximum Gasteiger partial charge on any atom is 0.421 e. The third-order valence-corrected chi connectivity index (χ3v) is 4.29. The van der Waals surface area contributed by atoms with E-state index in [-0.39, 0.29) is 6.04 Å². The smallest absolute Gasteiger partial charge is 0.350 e. The van der Waals surface area contributed by atoms with Crippen molar-refractivity contribution in [1.82, 2.24) is 14.8 Å². The zero-order valence-corrected chi connectivity index (χ0v) is 12.5. The fraction of sp³-hybridized carbons (Fsp3) is 0.600. The largest absolute Gasteiger partial charge is 0.421 e. The van der Waals surface area contributed by atoms with Crippen LogP contribution in [0, 0.1) is 0 Å². The van der Waals surface area contributed by atoms with E-state index in [9.17, 15) is 22.8 Å². The molecule has 1 saturated heterocycles. The molecule has 2 fully saturated rings. The molecule has 1 atom stereocenters. The number of amides is 1. The topological polar surface area (TPSA) is 54.3 Å². The first kappa shape index (κ1) is 16.0. The monoisotopic (exact) mass is 329 g/mol. The van der Waals surface area contributed by atoms with Crippen molar-refractivity contribution in [2.24, 2.45) is 0 Å². The number of hydrogen-bond donors (Lipinski definition) is 1. The highest BCUT2D eigenvalue weighted by Crippen LogP contribution is 2.29. The molecule has 0 radical (unpaired) electrons. The molecule has 0 spiro atoms. The molecule has 3 rings (SSSR count). The van der Waals surface area contributed by atoms with Gasteiger partial charge in [0.05, 0.1) is 0 Å². The highest BCUT2D eigenvalue weighted by molar-refractivity contribution is 5.76. The summed E-state index contributed by atoms with van der Waals surface area (Å²) >= 11 is 0. The Morgan fingerprint density at radius 3 is 2.70 bits per heavy atom. The van der Waals surface area contributed by atoms with Crippen molar-refractivity contribution in [3.8, 4) is 0 Å². The molecular weight excluding hydrogens is 311 g/mol. The second-order valence-electron chi connectivity index (χ2n) is 6.13. The van der Waals surface area contributed by atoms with Crippen LogP contribution < -0.4 is 10.9 Å². The van der Waals surface area contributed by atoms with Gasteiger partial charge in [0.2, 0.25) is 5.91 Å². The number of carbonyl (C=O) groups excluding carboxylic acids is 1. The summed E-state index contributed by atoms with van der Waals surface area (Å²) in [7, 11) is 0. The van der Waals surface area contributed by atoms with Gasteiger partial charge in [0.15, 0.2) is 0 Å². The highest BCUT2D eigenvalue weighted by Gasteiger charge is 2.36. The Kier molecular flexibility index (Phi) is 4.18. The number of rotatable bonds is 4. The maximum absolute atomic E-state index is 12.7. The summed E-state index contributed by atoms with van der Waals surface area (Å²) in [6.45, 7) is 1.30. The summed E-state index contributed by atoms with van der Waals surface area (Å²) < 4.78 is 38.9. The van der Waals surface area contributed by atoms with Crippen LogP contribution in [0.5, 0.6) is 0 Å². The molecule has 1 aromatic heterocycles. The van der Waals surface area contributed by atoms with Gasteiger partial charge in [0.25, 0.3) is 5.56 Å². The summed E-state index contributed by atoms with van der Waals surface area (Å²) in [5, 5.41) is 2.80. The minimum absolute atomic E-state index is 0.00426. The molecule has 23 heavy (non-hydrogen) atoms. The fourth-order valence-electron chi connectivity index (χ4n) is 2.98. The van der Waals surface area contributed by atoms with Crippen LogP contribution in [0.1, 0.15) is 24.8 Å². The quantitative estimate of drug-likeness (QED) is 0.904. The predicted molar refractivity (Wildman–Crippen MR) is 76.8 cm³/mol. The SMILES string of the molecule is O=C(Cn1cccc(C(F)(F)F)c1=O)N[C@H]1CCN(C2CC2)C1. The summed E-state index contributed by atoms with van der Waals surface area (Å²) in [5.74, 6) is -0.436. The summed E-state index contributed by atoms with van der Waals surface area (Å²) in [6.07, 6.45) is -0.296. The lowest BCUT2D eigenvalue weighted by Gasteiger charge is -2.16. The van der Waals surface area contributed by atoms with Gasteiger partial charge in [-0.05, 0) is 31.4 Å². The zero-order chi connectivity index (χ0) is 16.6. The van der Waals surface area contributed by atoms with E-state index in [1.54, 1.807) is 0 Å². The van der Waals surface area contributed by atoms with E-state index in [1.807, 2.05) is 0 Å². The molecule has 5 nitrogen and oxygen atoms in total. The highest BCUT2D eigenvalue weighted by atomic mass is 19.4. The Labute approximate surface area is 131 Å². The number of nitrogens with one attached hydrogen (secondary N) is 1. The Morgan fingerprint density at radius 2 is 2.04 bits per heavy atom. The van der Waals surface area contributed by atoms with Crippen molar-refractivity contribution in [2.75, 3.05) is 13.1 Å². The third-order valence-electron chi connectivity index (χ3n) is 4.29. The number of halogens is 3. The Morgan fingerprint density at radius 1 is 1.30 bits per heavy atom. The molecule has 1 amide bonds. The molecule has 1 aliphatic heterocycles. The first-order valence-electron chi connectivity index (χ1n) is 7.64. The van der Waals surface area contributed by atoms with Crippen LogP contribution in [0.4, 0.5) is 13.2 Å². The minimum atomic E-state index is -4.72. The van der Waals surface area contributed by atoms with Crippen LogP contribution in [0.15, 0.2) is 23.1 Å². The number of pyridine rings is 1. The van der Waals surface area contributed by atoms with E-state index in [4.69, 9.17) is 0 Å². The molecule has 1 aromatic rings. The molecule has 126 valence electrons. The van der Waals surface area contributed by atoms with E-state index in [0.717, 1.165) is 36.2 Å².